The number of nitrogens with one attached hydrogen (secondary N) is 1. The summed E-state index contributed by atoms with van der Waals surface area (Å²) in [6.45, 7) is 0.174. The number of anilines is 2. The minimum atomic E-state index is -0.562. The van der Waals surface area contributed by atoms with Gasteiger partial charge in [-0.05, 0) is 42.5 Å². The van der Waals surface area contributed by atoms with Gasteiger partial charge >= 0.3 is 0 Å². The Balaban J connectivity index is 1.50. The van der Waals surface area contributed by atoms with Crippen molar-refractivity contribution in [2.45, 2.75) is 13.2 Å². The minimum Gasteiger partial charge on any atom is -0.467 e. The third-order valence-corrected chi connectivity index (χ3v) is 5.35. The van der Waals surface area contributed by atoms with Crippen LogP contribution in [0, 0.1) is 5.82 Å². The van der Waals surface area contributed by atoms with Crippen LogP contribution in [-0.2, 0) is 22.7 Å². The smallest absolute Gasteiger partial charge is 0.281 e. The monoisotopic (exact) mass is 448 g/mol. The lowest BCUT2D eigenvalue weighted by Gasteiger charge is -2.24. The molecule has 33 heavy (non-hydrogen) atoms. The Morgan fingerprint density at radius 1 is 1.27 bits per heavy atom. The van der Waals surface area contributed by atoms with Gasteiger partial charge in [0.2, 0.25) is 0 Å². The predicted octanol–water partition coefficient (Wildman–Crippen LogP) is 3.06. The molecule has 0 aliphatic carbocycles. The molecule has 2 N–H and O–H groups in total. The van der Waals surface area contributed by atoms with Crippen molar-refractivity contribution < 1.29 is 28.7 Å². The number of carbonyl (C=O) groups is 2. The summed E-state index contributed by atoms with van der Waals surface area (Å²) in [6, 6.07) is 10.7. The zero-order valence-electron chi connectivity index (χ0n) is 17.1. The van der Waals surface area contributed by atoms with E-state index in [1.807, 2.05) is 0 Å². The fraction of sp³-hybridized carbons (Fsp3) is 0.130. The van der Waals surface area contributed by atoms with Gasteiger partial charge in [-0.25, -0.2) is 4.39 Å². The van der Waals surface area contributed by atoms with Crippen molar-refractivity contribution in [3.8, 4) is 5.75 Å². The molecular weight excluding hydrogens is 431 g/mol. The third kappa shape index (κ3) is 3.76. The second kappa shape index (κ2) is 8.32. The summed E-state index contributed by atoms with van der Waals surface area (Å²) in [6.07, 6.45) is 3.00. The lowest BCUT2D eigenvalue weighted by molar-refractivity contribution is -0.112. The first-order chi connectivity index (χ1) is 16.0. The molecular formula is C23H17FN4O5. The number of pyridine rings is 1. The number of hydrogen-bond donors (Lipinski definition) is 2. The molecule has 0 spiro atoms. The molecule has 0 saturated heterocycles. The summed E-state index contributed by atoms with van der Waals surface area (Å²) >= 11 is 0. The first-order valence-corrected chi connectivity index (χ1v) is 9.96. The minimum absolute atomic E-state index is 0.0179. The summed E-state index contributed by atoms with van der Waals surface area (Å²) in [5, 5.41) is 15.3. The Hall–Kier alpha value is -4.31. The number of aromatic nitrogens is 1. The average molecular weight is 448 g/mol. The molecule has 2 aromatic carbocycles. The standard InChI is InChI=1S/C23H17FN4O5/c24-16-6-14(21-15(7-16)11-32-12-33-21)10-28-19-8-17(3-4-18(19)20(27-31)23(28)30)26-22(29)13-2-1-5-25-9-13/h1-9,31H,10-12H2,(H,26,29)/b27-20-. The maximum Gasteiger partial charge on any atom is 0.281 e. The van der Waals surface area contributed by atoms with E-state index in [1.54, 1.807) is 36.5 Å². The summed E-state index contributed by atoms with van der Waals surface area (Å²) in [5.41, 5.74) is 2.41. The van der Waals surface area contributed by atoms with Gasteiger partial charge in [0.05, 0.1) is 24.4 Å². The zero-order chi connectivity index (χ0) is 22.9. The van der Waals surface area contributed by atoms with Gasteiger partial charge in [-0.2, -0.15) is 0 Å². The molecule has 2 aliphatic rings. The Labute approximate surface area is 187 Å². The van der Waals surface area contributed by atoms with E-state index in [9.17, 15) is 19.2 Å². The molecule has 0 fully saturated rings. The molecule has 166 valence electrons. The molecule has 0 bridgehead atoms. The largest absolute Gasteiger partial charge is 0.467 e. The third-order valence-electron chi connectivity index (χ3n) is 5.35. The fourth-order valence-corrected chi connectivity index (χ4v) is 3.88. The topological polar surface area (TPSA) is 113 Å². The van der Waals surface area contributed by atoms with Crippen molar-refractivity contribution in [3.05, 3.63) is 82.9 Å². The Kier molecular flexibility index (Phi) is 5.19. The highest BCUT2D eigenvalue weighted by Crippen LogP contribution is 2.36. The summed E-state index contributed by atoms with van der Waals surface area (Å²) in [5.74, 6) is -0.971. The number of nitrogens with zero attached hydrogens (tertiary/aromatic N) is 3. The van der Waals surface area contributed by atoms with Crippen LogP contribution in [0.15, 0.2) is 60.0 Å². The van der Waals surface area contributed by atoms with Crippen molar-refractivity contribution in [2.24, 2.45) is 5.16 Å². The Bertz CT molecular complexity index is 1300. The summed E-state index contributed by atoms with van der Waals surface area (Å²) in [4.78, 5) is 30.8. The Morgan fingerprint density at radius 2 is 2.15 bits per heavy atom. The summed E-state index contributed by atoms with van der Waals surface area (Å²) < 4.78 is 25.0. The van der Waals surface area contributed by atoms with Gasteiger partial charge in [0.15, 0.2) is 12.5 Å². The molecule has 0 saturated carbocycles. The molecule has 9 nitrogen and oxygen atoms in total. The quantitative estimate of drug-likeness (QED) is 0.469. The van der Waals surface area contributed by atoms with E-state index < -0.39 is 11.7 Å². The first-order valence-electron chi connectivity index (χ1n) is 9.96. The van der Waals surface area contributed by atoms with Gasteiger partial charge in [0, 0.05) is 34.8 Å². The van der Waals surface area contributed by atoms with Crippen LogP contribution in [0.2, 0.25) is 0 Å². The number of halogens is 1. The van der Waals surface area contributed by atoms with Crippen LogP contribution in [-0.4, -0.2) is 34.5 Å². The van der Waals surface area contributed by atoms with Gasteiger partial charge < -0.3 is 24.9 Å². The maximum atomic E-state index is 14.2. The van der Waals surface area contributed by atoms with Crippen LogP contribution in [0.5, 0.6) is 5.75 Å². The molecule has 0 radical (unpaired) electrons. The van der Waals surface area contributed by atoms with Gasteiger partial charge in [-0.3, -0.25) is 14.6 Å². The molecule has 3 heterocycles. The maximum absolute atomic E-state index is 14.2. The number of fused-ring (bicyclic) bond motifs is 2. The van der Waals surface area contributed by atoms with Crippen LogP contribution in [0.3, 0.4) is 0 Å². The van der Waals surface area contributed by atoms with Crippen molar-refractivity contribution in [1.82, 2.24) is 4.98 Å². The molecule has 2 amide bonds. The van der Waals surface area contributed by atoms with Gasteiger partial charge in [-0.1, -0.05) is 5.16 Å². The van der Waals surface area contributed by atoms with Crippen LogP contribution in [0.1, 0.15) is 27.0 Å². The van der Waals surface area contributed by atoms with Crippen molar-refractivity contribution >= 4 is 28.9 Å². The van der Waals surface area contributed by atoms with E-state index in [1.165, 1.54) is 23.2 Å². The second-order valence-electron chi connectivity index (χ2n) is 7.43. The zero-order valence-corrected chi connectivity index (χ0v) is 17.1. The van der Waals surface area contributed by atoms with Gasteiger partial charge in [0.1, 0.15) is 11.6 Å². The van der Waals surface area contributed by atoms with Crippen LogP contribution >= 0.6 is 0 Å². The van der Waals surface area contributed by atoms with E-state index in [4.69, 9.17) is 9.47 Å². The first kappa shape index (κ1) is 20.6. The van der Waals surface area contributed by atoms with E-state index in [2.05, 4.69) is 15.5 Å². The lowest BCUT2D eigenvalue weighted by Crippen LogP contribution is -2.30. The number of carbonyl (C=O) groups excluding carboxylic acids is 2. The lowest BCUT2D eigenvalue weighted by atomic mass is 10.1. The van der Waals surface area contributed by atoms with Crippen LogP contribution < -0.4 is 15.0 Å². The van der Waals surface area contributed by atoms with Crippen molar-refractivity contribution in [3.63, 3.8) is 0 Å². The van der Waals surface area contributed by atoms with Gasteiger partial charge in [0.25, 0.3) is 11.8 Å². The highest BCUT2D eigenvalue weighted by molar-refractivity contribution is 6.54. The molecule has 10 heteroatoms. The molecule has 2 aliphatic heterocycles. The molecule has 1 aromatic heterocycles. The number of amides is 2. The number of rotatable bonds is 4. The van der Waals surface area contributed by atoms with Crippen molar-refractivity contribution in [2.75, 3.05) is 17.0 Å². The van der Waals surface area contributed by atoms with Crippen LogP contribution in [0.25, 0.3) is 0 Å². The van der Waals surface area contributed by atoms with Gasteiger partial charge in [-0.15, -0.1) is 0 Å². The fourth-order valence-electron chi connectivity index (χ4n) is 3.88. The highest BCUT2D eigenvalue weighted by atomic mass is 19.1. The number of benzene rings is 2. The highest BCUT2D eigenvalue weighted by Gasteiger charge is 2.36. The number of hydrogen-bond acceptors (Lipinski definition) is 7. The van der Waals surface area contributed by atoms with Crippen LogP contribution in [0.4, 0.5) is 15.8 Å². The molecule has 5 rings (SSSR count). The van der Waals surface area contributed by atoms with Crippen molar-refractivity contribution in [1.29, 1.82) is 0 Å². The number of ether oxygens (including phenoxy) is 2. The van der Waals surface area contributed by atoms with E-state index in [0.717, 1.165) is 0 Å². The summed E-state index contributed by atoms with van der Waals surface area (Å²) in [7, 11) is 0. The predicted molar refractivity (Wildman–Crippen MR) is 115 cm³/mol. The molecule has 0 atom stereocenters. The Morgan fingerprint density at radius 3 is 2.94 bits per heavy atom. The van der Waals surface area contributed by atoms with E-state index in [0.29, 0.717) is 39.4 Å². The SMILES string of the molecule is O=C(Nc1ccc2c(c1)N(Cc1cc(F)cc3c1OCOC3)C(=O)/C2=N\O)c1cccnc1. The second-order valence-corrected chi connectivity index (χ2v) is 7.43. The van der Waals surface area contributed by atoms with E-state index in [-0.39, 0.29) is 31.6 Å². The normalized spacial score (nSPS) is 15.7. The number of oxime groups is 1. The van der Waals surface area contributed by atoms with E-state index >= 15 is 0 Å². The average Bonchev–Trinajstić information content (AvgIpc) is 3.09. The molecule has 0 unspecified atom stereocenters. The molecule has 3 aromatic rings.